The van der Waals surface area contributed by atoms with Crippen molar-refractivity contribution < 1.29 is 19.7 Å². The predicted molar refractivity (Wildman–Crippen MR) is 52.4 cm³/mol. The average Bonchev–Trinajstić information content (AvgIpc) is 2.88. The average molecular weight is 215 g/mol. The molecule has 2 unspecified atom stereocenters. The number of hydrogen-bond donors (Lipinski definition) is 2. The van der Waals surface area contributed by atoms with Gasteiger partial charge in [0.15, 0.2) is 0 Å². The number of carboxylic acid groups (broad SMARTS) is 1. The highest BCUT2D eigenvalue weighted by molar-refractivity contribution is 5.66. The summed E-state index contributed by atoms with van der Waals surface area (Å²) in [5.41, 5.74) is -0.827. The number of ether oxygens (including phenoxy) is 1. The first-order valence-electron chi connectivity index (χ1n) is 5.28. The van der Waals surface area contributed by atoms with E-state index in [0.717, 1.165) is 12.8 Å². The zero-order chi connectivity index (χ0) is 11.2. The molecule has 0 radical (unpaired) electrons. The quantitative estimate of drug-likeness (QED) is 0.717. The number of nitrogens with zero attached hydrogens (tertiary/aromatic N) is 1. The molecular weight excluding hydrogens is 198 g/mol. The van der Waals surface area contributed by atoms with Gasteiger partial charge in [0, 0.05) is 0 Å². The zero-order valence-electron chi connectivity index (χ0n) is 9.01. The Morgan fingerprint density at radius 1 is 1.53 bits per heavy atom. The van der Waals surface area contributed by atoms with Crippen LogP contribution in [0, 0.1) is 5.92 Å². The molecule has 2 fully saturated rings. The van der Waals surface area contributed by atoms with Crippen LogP contribution in [-0.4, -0.2) is 45.7 Å². The third-order valence-corrected chi connectivity index (χ3v) is 3.22. The summed E-state index contributed by atoms with van der Waals surface area (Å²) in [6.07, 6.45) is 0.377. The minimum absolute atomic E-state index is 0.259. The maximum atomic E-state index is 11.1. The molecule has 0 spiro atoms. The second kappa shape index (κ2) is 3.35. The molecular formula is C10H17NO4. The molecule has 15 heavy (non-hydrogen) atoms. The molecule has 1 aliphatic heterocycles. The van der Waals surface area contributed by atoms with E-state index in [9.17, 15) is 9.90 Å². The van der Waals surface area contributed by atoms with Crippen molar-refractivity contribution in [1.82, 2.24) is 4.90 Å². The van der Waals surface area contributed by atoms with Crippen LogP contribution in [0.25, 0.3) is 0 Å². The van der Waals surface area contributed by atoms with Gasteiger partial charge in [0.25, 0.3) is 0 Å². The van der Waals surface area contributed by atoms with Crippen LogP contribution < -0.4 is 0 Å². The van der Waals surface area contributed by atoms with Gasteiger partial charge in [-0.25, -0.2) is 4.79 Å². The fourth-order valence-corrected chi connectivity index (χ4v) is 2.21. The van der Waals surface area contributed by atoms with Gasteiger partial charge in [-0.15, -0.1) is 0 Å². The van der Waals surface area contributed by atoms with Crippen LogP contribution in [-0.2, 0) is 4.74 Å². The number of amides is 1. The molecule has 0 bridgehead atoms. The van der Waals surface area contributed by atoms with E-state index >= 15 is 0 Å². The fraction of sp³-hybridized carbons (Fsp3) is 0.900. The largest absolute Gasteiger partial charge is 0.465 e. The Labute approximate surface area is 88.6 Å². The summed E-state index contributed by atoms with van der Waals surface area (Å²) in [4.78, 5) is 12.3. The molecule has 2 N–H and O–H groups in total. The van der Waals surface area contributed by atoms with Crippen LogP contribution in [0.3, 0.4) is 0 Å². The summed E-state index contributed by atoms with van der Waals surface area (Å²) in [5.74, 6) is 0.259. The molecule has 86 valence electrons. The first kappa shape index (κ1) is 10.7. The highest BCUT2D eigenvalue weighted by Gasteiger charge is 2.50. The number of hydrogen-bond acceptors (Lipinski definition) is 3. The maximum absolute atomic E-state index is 11.1. The van der Waals surface area contributed by atoms with Crippen LogP contribution >= 0.6 is 0 Å². The molecule has 0 aromatic rings. The van der Waals surface area contributed by atoms with E-state index in [1.165, 1.54) is 4.90 Å². The van der Waals surface area contributed by atoms with Gasteiger partial charge in [0.1, 0.15) is 5.72 Å². The molecule has 2 atom stereocenters. The van der Waals surface area contributed by atoms with Gasteiger partial charge in [0.2, 0.25) is 0 Å². The van der Waals surface area contributed by atoms with Gasteiger partial charge in [-0.2, -0.15) is 0 Å². The van der Waals surface area contributed by atoms with E-state index in [1.54, 1.807) is 13.8 Å². The van der Waals surface area contributed by atoms with Crippen molar-refractivity contribution in [3.05, 3.63) is 0 Å². The number of carbonyl (C=O) groups is 1. The van der Waals surface area contributed by atoms with E-state index in [-0.39, 0.29) is 12.5 Å². The van der Waals surface area contributed by atoms with Gasteiger partial charge in [0.05, 0.1) is 18.8 Å². The number of aliphatic hydroxyl groups excluding tert-OH is 1. The summed E-state index contributed by atoms with van der Waals surface area (Å²) in [5, 5.41) is 19.1. The third-order valence-electron chi connectivity index (χ3n) is 3.22. The second-order valence-corrected chi connectivity index (χ2v) is 4.81. The van der Waals surface area contributed by atoms with Gasteiger partial charge < -0.3 is 14.9 Å². The zero-order valence-corrected chi connectivity index (χ0v) is 9.01. The topological polar surface area (TPSA) is 70.0 Å². The maximum Gasteiger partial charge on any atom is 0.409 e. The summed E-state index contributed by atoms with van der Waals surface area (Å²) < 4.78 is 5.41. The van der Waals surface area contributed by atoms with Gasteiger partial charge in [-0.3, -0.25) is 4.90 Å². The van der Waals surface area contributed by atoms with Crippen molar-refractivity contribution in [1.29, 1.82) is 0 Å². The summed E-state index contributed by atoms with van der Waals surface area (Å²) in [6.45, 7) is 3.71. The van der Waals surface area contributed by atoms with Crippen LogP contribution in [0.15, 0.2) is 0 Å². The van der Waals surface area contributed by atoms with E-state index in [0.29, 0.717) is 0 Å². The third kappa shape index (κ3) is 1.81. The van der Waals surface area contributed by atoms with Crippen molar-refractivity contribution in [2.24, 2.45) is 5.92 Å². The molecule has 2 aliphatic rings. The van der Waals surface area contributed by atoms with Crippen LogP contribution in [0.2, 0.25) is 0 Å². The lowest BCUT2D eigenvalue weighted by molar-refractivity contribution is -0.0474. The smallest absolute Gasteiger partial charge is 0.409 e. The Hall–Kier alpha value is -0.810. The lowest BCUT2D eigenvalue weighted by atomic mass is 10.1. The van der Waals surface area contributed by atoms with Gasteiger partial charge in [-0.1, -0.05) is 0 Å². The Morgan fingerprint density at radius 3 is 2.60 bits per heavy atom. The lowest BCUT2D eigenvalue weighted by Crippen LogP contribution is -2.51. The summed E-state index contributed by atoms with van der Waals surface area (Å²) in [6, 6.07) is -0.412. The van der Waals surface area contributed by atoms with E-state index < -0.39 is 24.0 Å². The van der Waals surface area contributed by atoms with E-state index in [1.807, 2.05) is 0 Å². The van der Waals surface area contributed by atoms with Crippen molar-refractivity contribution in [2.45, 2.75) is 44.6 Å². The van der Waals surface area contributed by atoms with Crippen LogP contribution in [0.1, 0.15) is 26.7 Å². The molecule has 1 saturated heterocycles. The molecule has 5 nitrogen and oxygen atoms in total. The highest BCUT2D eigenvalue weighted by Crippen LogP contribution is 2.39. The molecule has 1 amide bonds. The first-order chi connectivity index (χ1) is 6.93. The first-order valence-corrected chi connectivity index (χ1v) is 5.28. The summed E-state index contributed by atoms with van der Waals surface area (Å²) in [7, 11) is 0. The lowest BCUT2D eigenvalue weighted by Gasteiger charge is -2.32. The Balaban J connectivity index is 2.14. The molecule has 5 heteroatoms. The Morgan fingerprint density at radius 2 is 2.13 bits per heavy atom. The van der Waals surface area contributed by atoms with Crippen molar-refractivity contribution >= 4 is 6.09 Å². The van der Waals surface area contributed by atoms with Crippen molar-refractivity contribution in [3.63, 3.8) is 0 Å². The Bertz CT molecular complexity index is 275. The number of aliphatic hydroxyl groups is 1. The predicted octanol–water partition coefficient (Wildman–Crippen LogP) is 0.872. The van der Waals surface area contributed by atoms with E-state index in [2.05, 4.69) is 0 Å². The molecule has 0 aromatic heterocycles. The molecule has 1 aliphatic carbocycles. The fourth-order valence-electron chi connectivity index (χ4n) is 2.21. The normalized spacial score (nSPS) is 31.7. The van der Waals surface area contributed by atoms with Crippen LogP contribution in [0.5, 0.6) is 0 Å². The SMILES string of the molecule is CC1(C)OCC(C(O)C2CC2)N1C(=O)O. The van der Waals surface area contributed by atoms with Crippen LogP contribution in [0.4, 0.5) is 4.79 Å². The molecule has 1 heterocycles. The monoisotopic (exact) mass is 215 g/mol. The molecule has 2 rings (SSSR count). The second-order valence-electron chi connectivity index (χ2n) is 4.81. The van der Waals surface area contributed by atoms with Crippen molar-refractivity contribution in [2.75, 3.05) is 6.61 Å². The van der Waals surface area contributed by atoms with Gasteiger partial charge >= 0.3 is 6.09 Å². The minimum Gasteiger partial charge on any atom is -0.465 e. The standard InChI is InChI=1S/C10H17NO4/c1-10(2)11(9(13)14)7(5-15-10)8(12)6-3-4-6/h6-8,12H,3-5H2,1-2H3,(H,13,14). The van der Waals surface area contributed by atoms with Gasteiger partial charge in [-0.05, 0) is 32.6 Å². The number of rotatable bonds is 2. The summed E-state index contributed by atoms with van der Waals surface area (Å²) >= 11 is 0. The Kier molecular flexibility index (Phi) is 2.39. The van der Waals surface area contributed by atoms with Crippen molar-refractivity contribution in [3.8, 4) is 0 Å². The highest BCUT2D eigenvalue weighted by atomic mass is 16.5. The molecule has 0 aromatic carbocycles. The minimum atomic E-state index is -1.03. The molecule has 1 saturated carbocycles. The van der Waals surface area contributed by atoms with E-state index in [4.69, 9.17) is 9.84 Å².